The van der Waals surface area contributed by atoms with E-state index in [4.69, 9.17) is 4.74 Å². The molecule has 0 fully saturated rings. The number of hydrogen-bond acceptors (Lipinski definition) is 4. The van der Waals surface area contributed by atoms with Crippen molar-refractivity contribution in [2.45, 2.75) is 34.1 Å². The van der Waals surface area contributed by atoms with E-state index in [0.717, 1.165) is 0 Å². The van der Waals surface area contributed by atoms with Crippen molar-refractivity contribution in [2.24, 2.45) is 5.92 Å². The number of anilines is 1. The third-order valence-electron chi connectivity index (χ3n) is 3.34. The van der Waals surface area contributed by atoms with Gasteiger partial charge in [-0.25, -0.2) is 4.79 Å². The number of nitrogens with one attached hydrogen (secondary N) is 1. The van der Waals surface area contributed by atoms with E-state index in [0.29, 0.717) is 30.3 Å². The summed E-state index contributed by atoms with van der Waals surface area (Å²) in [7, 11) is 0. The fourth-order valence-electron chi connectivity index (χ4n) is 2.08. The Balaban J connectivity index is 2.69. The Morgan fingerprint density at radius 3 is 2.29 bits per heavy atom. The summed E-state index contributed by atoms with van der Waals surface area (Å²) in [6.07, 6.45) is 0.228. The third kappa shape index (κ3) is 6.40. The SMILES string of the molecule is CCOC(=O)c1ccc(N(CCC(=O)NCC(C)C)C(C)=O)cc1. The van der Waals surface area contributed by atoms with Crippen LogP contribution in [0.15, 0.2) is 24.3 Å². The van der Waals surface area contributed by atoms with Crippen molar-refractivity contribution >= 4 is 23.5 Å². The van der Waals surface area contributed by atoms with Crippen LogP contribution in [0.25, 0.3) is 0 Å². The zero-order valence-electron chi connectivity index (χ0n) is 14.8. The first-order valence-electron chi connectivity index (χ1n) is 8.17. The molecular weight excluding hydrogens is 308 g/mol. The molecule has 6 nitrogen and oxygen atoms in total. The second kappa shape index (κ2) is 9.70. The van der Waals surface area contributed by atoms with E-state index in [1.807, 2.05) is 13.8 Å². The van der Waals surface area contributed by atoms with E-state index in [-0.39, 0.29) is 24.8 Å². The Kier molecular flexibility index (Phi) is 7.95. The summed E-state index contributed by atoms with van der Waals surface area (Å²) in [4.78, 5) is 36.8. The van der Waals surface area contributed by atoms with Gasteiger partial charge in [-0.15, -0.1) is 0 Å². The normalized spacial score (nSPS) is 10.4. The van der Waals surface area contributed by atoms with Gasteiger partial charge >= 0.3 is 5.97 Å². The number of nitrogens with zero attached hydrogens (tertiary/aromatic N) is 1. The molecule has 0 aliphatic rings. The smallest absolute Gasteiger partial charge is 0.338 e. The van der Waals surface area contributed by atoms with Gasteiger partial charge in [0.15, 0.2) is 0 Å². The minimum Gasteiger partial charge on any atom is -0.462 e. The topological polar surface area (TPSA) is 75.7 Å². The maximum atomic E-state index is 11.8. The minimum absolute atomic E-state index is 0.0851. The Hall–Kier alpha value is -2.37. The second-order valence-corrected chi connectivity index (χ2v) is 5.89. The summed E-state index contributed by atoms with van der Waals surface area (Å²) >= 11 is 0. The van der Waals surface area contributed by atoms with Gasteiger partial charge in [0.05, 0.1) is 12.2 Å². The van der Waals surface area contributed by atoms with Crippen molar-refractivity contribution < 1.29 is 19.1 Å². The van der Waals surface area contributed by atoms with E-state index >= 15 is 0 Å². The molecule has 1 aromatic rings. The van der Waals surface area contributed by atoms with Gasteiger partial charge in [-0.05, 0) is 37.1 Å². The van der Waals surface area contributed by atoms with E-state index < -0.39 is 5.97 Å². The predicted molar refractivity (Wildman–Crippen MR) is 92.9 cm³/mol. The number of carbonyl (C=O) groups excluding carboxylic acids is 3. The molecule has 0 aromatic heterocycles. The highest BCUT2D eigenvalue weighted by atomic mass is 16.5. The number of esters is 1. The first kappa shape index (κ1) is 19.7. The first-order chi connectivity index (χ1) is 11.3. The van der Waals surface area contributed by atoms with Crippen LogP contribution in [-0.2, 0) is 14.3 Å². The summed E-state index contributed by atoms with van der Waals surface area (Å²) in [5.41, 5.74) is 1.07. The van der Waals surface area contributed by atoms with Crippen LogP contribution in [0.1, 0.15) is 44.5 Å². The molecule has 0 bridgehead atoms. The molecule has 6 heteroatoms. The monoisotopic (exact) mass is 334 g/mol. The van der Waals surface area contributed by atoms with Crippen molar-refractivity contribution in [2.75, 3.05) is 24.6 Å². The van der Waals surface area contributed by atoms with Gasteiger partial charge in [-0.3, -0.25) is 9.59 Å². The number of carbonyl (C=O) groups is 3. The van der Waals surface area contributed by atoms with Crippen LogP contribution < -0.4 is 10.2 Å². The number of benzene rings is 1. The molecule has 0 aliphatic heterocycles. The molecule has 0 spiro atoms. The van der Waals surface area contributed by atoms with Crippen LogP contribution in [0.2, 0.25) is 0 Å². The zero-order chi connectivity index (χ0) is 18.1. The predicted octanol–water partition coefficient (Wildman–Crippen LogP) is 2.38. The van der Waals surface area contributed by atoms with Crippen molar-refractivity contribution in [3.8, 4) is 0 Å². The minimum atomic E-state index is -0.397. The summed E-state index contributed by atoms with van der Waals surface area (Å²) in [5.74, 6) is -0.256. The Morgan fingerprint density at radius 2 is 1.79 bits per heavy atom. The maximum absolute atomic E-state index is 11.8. The van der Waals surface area contributed by atoms with E-state index in [1.54, 1.807) is 31.2 Å². The molecule has 24 heavy (non-hydrogen) atoms. The highest BCUT2D eigenvalue weighted by Crippen LogP contribution is 2.16. The maximum Gasteiger partial charge on any atom is 0.338 e. The largest absolute Gasteiger partial charge is 0.462 e. The molecule has 0 radical (unpaired) electrons. The average Bonchev–Trinajstić information content (AvgIpc) is 2.53. The van der Waals surface area contributed by atoms with Crippen molar-refractivity contribution in [3.63, 3.8) is 0 Å². The Bertz CT molecular complexity index is 567. The first-order valence-corrected chi connectivity index (χ1v) is 8.17. The van der Waals surface area contributed by atoms with Gasteiger partial charge in [0, 0.05) is 32.1 Å². The molecule has 2 amide bonds. The van der Waals surface area contributed by atoms with Crippen LogP contribution in [0, 0.1) is 5.92 Å². The summed E-state index contributed by atoms with van der Waals surface area (Å²) in [6, 6.07) is 6.59. The lowest BCUT2D eigenvalue weighted by Crippen LogP contribution is -2.34. The lowest BCUT2D eigenvalue weighted by atomic mass is 10.2. The summed E-state index contributed by atoms with van der Waals surface area (Å²) < 4.78 is 4.93. The molecule has 0 aliphatic carbocycles. The number of ether oxygens (including phenoxy) is 1. The Morgan fingerprint density at radius 1 is 1.17 bits per heavy atom. The van der Waals surface area contributed by atoms with Crippen LogP contribution in [0.4, 0.5) is 5.69 Å². The molecule has 0 heterocycles. The molecule has 0 saturated carbocycles. The molecule has 1 rings (SSSR count). The van der Waals surface area contributed by atoms with Crippen LogP contribution in [-0.4, -0.2) is 37.5 Å². The fourth-order valence-corrected chi connectivity index (χ4v) is 2.08. The van der Waals surface area contributed by atoms with E-state index in [2.05, 4.69) is 5.32 Å². The van der Waals surface area contributed by atoms with Gasteiger partial charge in [-0.2, -0.15) is 0 Å². The zero-order valence-corrected chi connectivity index (χ0v) is 14.8. The summed E-state index contributed by atoms with van der Waals surface area (Å²) in [6.45, 7) is 8.46. The lowest BCUT2D eigenvalue weighted by molar-refractivity contribution is -0.121. The third-order valence-corrected chi connectivity index (χ3v) is 3.34. The second-order valence-electron chi connectivity index (χ2n) is 5.89. The number of amides is 2. The van der Waals surface area contributed by atoms with Crippen LogP contribution in [0.5, 0.6) is 0 Å². The van der Waals surface area contributed by atoms with Crippen LogP contribution in [0.3, 0.4) is 0 Å². The van der Waals surface area contributed by atoms with E-state index in [9.17, 15) is 14.4 Å². The van der Waals surface area contributed by atoms with Crippen molar-refractivity contribution in [1.29, 1.82) is 0 Å². The molecular formula is C18H26N2O4. The Labute approximate surface area is 143 Å². The van der Waals surface area contributed by atoms with Gasteiger partial charge < -0.3 is 15.0 Å². The molecule has 0 atom stereocenters. The van der Waals surface area contributed by atoms with Gasteiger partial charge in [-0.1, -0.05) is 13.8 Å². The fraction of sp³-hybridized carbons (Fsp3) is 0.500. The molecule has 132 valence electrons. The highest BCUT2D eigenvalue weighted by Gasteiger charge is 2.14. The quantitative estimate of drug-likeness (QED) is 0.741. The van der Waals surface area contributed by atoms with Crippen molar-refractivity contribution in [1.82, 2.24) is 5.32 Å². The van der Waals surface area contributed by atoms with Gasteiger partial charge in [0.25, 0.3) is 0 Å². The summed E-state index contributed by atoms with van der Waals surface area (Å²) in [5, 5.41) is 2.83. The van der Waals surface area contributed by atoms with Crippen LogP contribution >= 0.6 is 0 Å². The molecule has 0 unspecified atom stereocenters. The molecule has 1 N–H and O–H groups in total. The highest BCUT2D eigenvalue weighted by molar-refractivity contribution is 5.94. The number of hydrogen-bond donors (Lipinski definition) is 1. The molecule has 0 saturated heterocycles. The molecule has 1 aromatic carbocycles. The number of rotatable bonds is 8. The average molecular weight is 334 g/mol. The van der Waals surface area contributed by atoms with Crippen molar-refractivity contribution in [3.05, 3.63) is 29.8 Å². The van der Waals surface area contributed by atoms with Gasteiger partial charge in [0.2, 0.25) is 11.8 Å². The lowest BCUT2D eigenvalue weighted by Gasteiger charge is -2.21. The van der Waals surface area contributed by atoms with E-state index in [1.165, 1.54) is 11.8 Å². The van der Waals surface area contributed by atoms with Gasteiger partial charge in [0.1, 0.15) is 0 Å². The standard InChI is InChI=1S/C18H26N2O4/c1-5-24-18(23)15-6-8-16(9-7-15)20(14(4)21)11-10-17(22)19-12-13(2)3/h6-9,13H,5,10-12H2,1-4H3,(H,19,22).